The largest absolute Gasteiger partial charge is 0.356 e. The summed E-state index contributed by atoms with van der Waals surface area (Å²) < 4.78 is 0. The smallest absolute Gasteiger partial charge is 0.251 e. The van der Waals surface area contributed by atoms with Gasteiger partial charge in [0.05, 0.1) is 0 Å². The van der Waals surface area contributed by atoms with E-state index >= 15 is 0 Å². The monoisotopic (exact) mass is 480 g/mol. The van der Waals surface area contributed by atoms with E-state index in [0.717, 1.165) is 30.9 Å². The van der Waals surface area contributed by atoms with E-state index in [9.17, 15) is 4.79 Å². The molecule has 0 atom stereocenters. The summed E-state index contributed by atoms with van der Waals surface area (Å²) in [6.07, 6.45) is 2.10. The predicted octanol–water partition coefficient (Wildman–Crippen LogP) is 3.35. The zero-order chi connectivity index (χ0) is 18.6. The van der Waals surface area contributed by atoms with Crippen LogP contribution >= 0.6 is 24.0 Å². The zero-order valence-electron chi connectivity index (χ0n) is 16.0. The Morgan fingerprint density at radius 1 is 0.926 bits per heavy atom. The molecule has 0 bridgehead atoms. The van der Waals surface area contributed by atoms with Gasteiger partial charge in [-0.1, -0.05) is 42.5 Å². The van der Waals surface area contributed by atoms with Crippen molar-refractivity contribution in [1.82, 2.24) is 16.0 Å². The highest BCUT2D eigenvalue weighted by Gasteiger charge is 2.04. The lowest BCUT2D eigenvalue weighted by molar-refractivity contribution is 0.0956. The van der Waals surface area contributed by atoms with Crippen LogP contribution in [0.4, 0.5) is 0 Å². The molecule has 3 N–H and O–H groups in total. The number of hydrogen-bond donors (Lipinski definition) is 3. The molecular formula is C21H29IN4O. The number of halogens is 1. The molecule has 0 fully saturated rings. The molecule has 0 spiro atoms. The van der Waals surface area contributed by atoms with E-state index in [1.807, 2.05) is 37.3 Å². The number of carbonyl (C=O) groups excluding carboxylic acids is 1. The molecule has 0 aliphatic carbocycles. The molecule has 0 aromatic heterocycles. The van der Waals surface area contributed by atoms with Gasteiger partial charge in [-0.15, -0.1) is 24.0 Å². The molecule has 6 heteroatoms. The minimum absolute atomic E-state index is 0. The lowest BCUT2D eigenvalue weighted by atomic mass is 10.1. The summed E-state index contributed by atoms with van der Waals surface area (Å²) in [5, 5.41) is 9.43. The van der Waals surface area contributed by atoms with E-state index in [1.54, 1.807) is 7.05 Å². The lowest BCUT2D eigenvalue weighted by Gasteiger charge is -2.12. The number of rotatable bonds is 8. The van der Waals surface area contributed by atoms with E-state index in [4.69, 9.17) is 0 Å². The van der Waals surface area contributed by atoms with Gasteiger partial charge in [-0.2, -0.15) is 0 Å². The summed E-state index contributed by atoms with van der Waals surface area (Å²) in [5.41, 5.74) is 3.13. The van der Waals surface area contributed by atoms with Crippen LogP contribution in [0, 0.1) is 0 Å². The van der Waals surface area contributed by atoms with Crippen molar-refractivity contribution in [2.75, 3.05) is 20.1 Å². The van der Waals surface area contributed by atoms with Crippen molar-refractivity contribution in [1.29, 1.82) is 0 Å². The number of aryl methyl sites for hydroxylation is 1. The Balaban J connectivity index is 0.00000364. The van der Waals surface area contributed by atoms with Gasteiger partial charge in [0.25, 0.3) is 5.91 Å². The summed E-state index contributed by atoms with van der Waals surface area (Å²) in [4.78, 5) is 16.0. The highest BCUT2D eigenvalue weighted by atomic mass is 127. The van der Waals surface area contributed by atoms with Crippen molar-refractivity contribution in [3.05, 3.63) is 71.3 Å². The Bertz CT molecular complexity index is 702. The third-order valence-corrected chi connectivity index (χ3v) is 4.01. The van der Waals surface area contributed by atoms with Gasteiger partial charge >= 0.3 is 0 Å². The van der Waals surface area contributed by atoms with Crippen molar-refractivity contribution < 1.29 is 4.79 Å². The Kier molecular flexibility index (Phi) is 11.2. The molecule has 0 saturated heterocycles. The topological polar surface area (TPSA) is 65.5 Å². The molecule has 0 aliphatic rings. The van der Waals surface area contributed by atoms with E-state index in [0.29, 0.717) is 18.7 Å². The Hall–Kier alpha value is -2.09. The normalized spacial score (nSPS) is 10.7. The number of hydrogen-bond acceptors (Lipinski definition) is 2. The zero-order valence-corrected chi connectivity index (χ0v) is 18.3. The number of aliphatic imine (C=N–C) groups is 1. The van der Waals surface area contributed by atoms with Crippen LogP contribution in [0.1, 0.15) is 34.8 Å². The van der Waals surface area contributed by atoms with E-state index in [2.05, 4.69) is 45.2 Å². The molecule has 0 saturated carbocycles. The van der Waals surface area contributed by atoms with Gasteiger partial charge in [0.2, 0.25) is 0 Å². The third-order valence-electron chi connectivity index (χ3n) is 4.01. The highest BCUT2D eigenvalue weighted by molar-refractivity contribution is 14.0. The minimum atomic E-state index is -0.0390. The van der Waals surface area contributed by atoms with Crippen molar-refractivity contribution in [3.8, 4) is 0 Å². The van der Waals surface area contributed by atoms with Crippen molar-refractivity contribution in [3.63, 3.8) is 0 Å². The van der Waals surface area contributed by atoms with E-state index < -0.39 is 0 Å². The summed E-state index contributed by atoms with van der Waals surface area (Å²) in [6, 6.07) is 18.1. The van der Waals surface area contributed by atoms with Crippen LogP contribution in [0.3, 0.4) is 0 Å². The Morgan fingerprint density at radius 3 is 2.26 bits per heavy atom. The second-order valence-corrected chi connectivity index (χ2v) is 6.00. The number of carbonyl (C=O) groups is 1. The van der Waals surface area contributed by atoms with Crippen LogP contribution < -0.4 is 16.0 Å². The molecule has 2 aromatic rings. The molecule has 0 radical (unpaired) electrons. The molecule has 146 valence electrons. The first-order valence-electron chi connectivity index (χ1n) is 9.08. The first-order chi connectivity index (χ1) is 12.7. The SMILES string of the molecule is CCNC(=O)c1ccc(CNC(=NC)NCCCc2ccccc2)cc1.I. The van der Waals surface area contributed by atoms with Gasteiger partial charge in [0, 0.05) is 32.2 Å². The van der Waals surface area contributed by atoms with Gasteiger partial charge in [0.1, 0.15) is 0 Å². The molecule has 5 nitrogen and oxygen atoms in total. The highest BCUT2D eigenvalue weighted by Crippen LogP contribution is 2.04. The van der Waals surface area contributed by atoms with Crippen molar-refractivity contribution in [2.45, 2.75) is 26.3 Å². The standard InChI is InChI=1S/C21H28N4O.HI/c1-3-23-20(26)19-13-11-18(12-14-19)16-25-21(22-2)24-15-7-10-17-8-5-4-6-9-17;/h4-6,8-9,11-14H,3,7,10,15-16H2,1-2H3,(H,23,26)(H2,22,24,25);1H. The van der Waals surface area contributed by atoms with Gasteiger partial charge in [0.15, 0.2) is 5.96 Å². The first-order valence-corrected chi connectivity index (χ1v) is 9.08. The molecule has 0 unspecified atom stereocenters. The molecule has 27 heavy (non-hydrogen) atoms. The summed E-state index contributed by atoms with van der Waals surface area (Å²) >= 11 is 0. The fourth-order valence-electron chi connectivity index (χ4n) is 2.59. The first kappa shape index (κ1) is 23.0. The van der Waals surface area contributed by atoms with Crippen LogP contribution in [-0.2, 0) is 13.0 Å². The Labute approximate surface area is 179 Å². The van der Waals surface area contributed by atoms with Crippen LogP contribution in [0.5, 0.6) is 0 Å². The molecule has 1 amide bonds. The summed E-state index contributed by atoms with van der Waals surface area (Å²) in [5.74, 6) is 0.744. The average Bonchev–Trinajstić information content (AvgIpc) is 2.69. The van der Waals surface area contributed by atoms with Gasteiger partial charge < -0.3 is 16.0 Å². The van der Waals surface area contributed by atoms with E-state index in [1.165, 1.54) is 5.56 Å². The molecule has 2 aromatic carbocycles. The second-order valence-electron chi connectivity index (χ2n) is 6.00. The quantitative estimate of drug-likeness (QED) is 0.235. The molecule has 0 aliphatic heterocycles. The number of nitrogens with one attached hydrogen (secondary N) is 3. The fourth-order valence-corrected chi connectivity index (χ4v) is 2.59. The van der Waals surface area contributed by atoms with Crippen LogP contribution in [0.15, 0.2) is 59.6 Å². The minimum Gasteiger partial charge on any atom is -0.356 e. The number of benzene rings is 2. The fraction of sp³-hybridized carbons (Fsp3) is 0.333. The van der Waals surface area contributed by atoms with Crippen LogP contribution in [0.2, 0.25) is 0 Å². The molecular weight excluding hydrogens is 451 g/mol. The third kappa shape index (κ3) is 8.43. The number of guanidine groups is 1. The van der Waals surface area contributed by atoms with Gasteiger partial charge in [-0.05, 0) is 43.0 Å². The van der Waals surface area contributed by atoms with Gasteiger partial charge in [-0.3, -0.25) is 9.79 Å². The summed E-state index contributed by atoms with van der Waals surface area (Å²) in [7, 11) is 1.77. The number of nitrogens with zero attached hydrogens (tertiary/aromatic N) is 1. The van der Waals surface area contributed by atoms with Gasteiger partial charge in [-0.25, -0.2) is 0 Å². The van der Waals surface area contributed by atoms with Crippen LogP contribution in [-0.4, -0.2) is 32.0 Å². The number of amides is 1. The average molecular weight is 480 g/mol. The second kappa shape index (κ2) is 13.1. The maximum atomic E-state index is 11.8. The van der Waals surface area contributed by atoms with Crippen molar-refractivity contribution in [2.24, 2.45) is 4.99 Å². The summed E-state index contributed by atoms with van der Waals surface area (Å²) in [6.45, 7) is 4.07. The van der Waals surface area contributed by atoms with E-state index in [-0.39, 0.29) is 29.9 Å². The lowest BCUT2D eigenvalue weighted by Crippen LogP contribution is -2.37. The van der Waals surface area contributed by atoms with Crippen molar-refractivity contribution >= 4 is 35.8 Å². The predicted molar refractivity (Wildman–Crippen MR) is 123 cm³/mol. The maximum Gasteiger partial charge on any atom is 0.251 e. The molecule has 2 rings (SSSR count). The Morgan fingerprint density at radius 2 is 1.63 bits per heavy atom. The maximum absolute atomic E-state index is 11.8. The van der Waals surface area contributed by atoms with Crippen LogP contribution in [0.25, 0.3) is 0 Å². The molecule has 0 heterocycles.